The minimum Gasteiger partial charge on any atom is -0.595 e. The topological polar surface area (TPSA) is 114 Å². The Morgan fingerprint density at radius 3 is 2.58 bits per heavy atom. The smallest absolute Gasteiger partial charge is 0.414 e. The van der Waals surface area contributed by atoms with Crippen molar-refractivity contribution in [3.05, 3.63) is 88.9 Å². The number of rotatable bonds is 7. The highest BCUT2D eigenvalue weighted by atomic mass is 16.8. The predicted molar refractivity (Wildman–Crippen MR) is 141 cm³/mol. The van der Waals surface area contributed by atoms with Crippen LogP contribution in [0.15, 0.2) is 67.0 Å². The van der Waals surface area contributed by atoms with Gasteiger partial charge in [-0.1, -0.05) is 18.2 Å². The summed E-state index contributed by atoms with van der Waals surface area (Å²) in [7, 11) is 0. The molecule has 0 saturated carbocycles. The molecule has 10 nitrogen and oxygen atoms in total. The molecule has 3 aromatic rings. The number of nitrogens with one attached hydrogen (secondary N) is 1. The summed E-state index contributed by atoms with van der Waals surface area (Å²) in [6.07, 6.45) is 4.35. The summed E-state index contributed by atoms with van der Waals surface area (Å²) in [5.74, 6) is -0.223. The Morgan fingerprint density at radius 2 is 1.87 bits per heavy atom. The van der Waals surface area contributed by atoms with E-state index in [1.165, 1.54) is 6.07 Å². The van der Waals surface area contributed by atoms with Gasteiger partial charge in [-0.05, 0) is 55.7 Å². The highest BCUT2D eigenvalue weighted by molar-refractivity contribution is 5.96. The number of fused-ring (bicyclic) bond motifs is 1. The van der Waals surface area contributed by atoms with Crippen LogP contribution >= 0.6 is 0 Å². The van der Waals surface area contributed by atoms with E-state index in [1.807, 2.05) is 48.2 Å². The molecule has 5 rings (SSSR count). The minimum absolute atomic E-state index is 0.0411. The van der Waals surface area contributed by atoms with Gasteiger partial charge in [0.1, 0.15) is 12.3 Å². The van der Waals surface area contributed by atoms with Crippen molar-refractivity contribution in [2.45, 2.75) is 39.0 Å². The van der Waals surface area contributed by atoms with Crippen molar-refractivity contribution in [2.75, 3.05) is 29.4 Å². The summed E-state index contributed by atoms with van der Waals surface area (Å²) in [4.78, 5) is 35.3. The van der Waals surface area contributed by atoms with E-state index in [0.717, 1.165) is 16.8 Å². The number of quaternary nitrogens is 1. The van der Waals surface area contributed by atoms with Gasteiger partial charge in [0.25, 0.3) is 5.91 Å². The molecular formula is C28H31N5O5. The molecule has 0 bridgehead atoms. The fraction of sp³-hybridized carbons (Fsp3) is 0.321. The van der Waals surface area contributed by atoms with Crippen LogP contribution in [0, 0.1) is 5.21 Å². The molecule has 198 valence electrons. The molecule has 1 atom stereocenters. The number of hydrogen-bond acceptors (Lipinski definition) is 7. The Morgan fingerprint density at radius 1 is 1.13 bits per heavy atom. The van der Waals surface area contributed by atoms with Crippen LogP contribution in [0.4, 0.5) is 21.9 Å². The number of aromatic nitrogens is 1. The normalized spacial score (nSPS) is 16.6. The molecule has 1 unspecified atom stereocenters. The van der Waals surface area contributed by atoms with Gasteiger partial charge in [-0.25, -0.2) is 10.0 Å². The van der Waals surface area contributed by atoms with E-state index in [0.29, 0.717) is 50.3 Å². The van der Waals surface area contributed by atoms with Crippen molar-refractivity contribution >= 4 is 29.1 Å². The molecular weight excluding hydrogens is 486 g/mol. The van der Waals surface area contributed by atoms with Crippen molar-refractivity contribution in [1.29, 1.82) is 0 Å². The van der Waals surface area contributed by atoms with Crippen molar-refractivity contribution < 1.29 is 24.8 Å². The third-order valence-electron chi connectivity index (χ3n) is 7.23. The van der Waals surface area contributed by atoms with Gasteiger partial charge in [0.15, 0.2) is 5.69 Å². The number of ether oxygens (including phenoxy) is 1. The maximum Gasteiger partial charge on any atom is 0.414 e. The molecule has 1 fully saturated rings. The van der Waals surface area contributed by atoms with Gasteiger partial charge in [-0.3, -0.25) is 14.7 Å². The number of cyclic esters (lactones) is 1. The molecule has 3 heterocycles. The lowest BCUT2D eigenvalue weighted by Crippen LogP contribution is -2.99. The number of benzene rings is 2. The third-order valence-corrected chi connectivity index (χ3v) is 7.23. The highest BCUT2D eigenvalue weighted by Crippen LogP contribution is 2.34. The Balaban J connectivity index is 1.31. The summed E-state index contributed by atoms with van der Waals surface area (Å²) in [6, 6.07) is 16.3. The highest BCUT2D eigenvalue weighted by Gasteiger charge is 2.35. The van der Waals surface area contributed by atoms with Crippen LogP contribution in [-0.2, 0) is 17.9 Å². The number of pyridine rings is 1. The van der Waals surface area contributed by atoms with E-state index in [-0.39, 0.29) is 30.3 Å². The molecule has 2 aliphatic heterocycles. The van der Waals surface area contributed by atoms with Crippen LogP contribution in [0.5, 0.6) is 0 Å². The van der Waals surface area contributed by atoms with Crippen LogP contribution in [0.3, 0.4) is 0 Å². The average Bonchev–Trinajstić information content (AvgIpc) is 2.96. The van der Waals surface area contributed by atoms with Gasteiger partial charge in [0.2, 0.25) is 0 Å². The lowest BCUT2D eigenvalue weighted by Gasteiger charge is -2.41. The van der Waals surface area contributed by atoms with Gasteiger partial charge < -0.3 is 19.7 Å². The molecule has 2 aromatic carbocycles. The monoisotopic (exact) mass is 517 g/mol. The van der Waals surface area contributed by atoms with E-state index in [4.69, 9.17) is 4.74 Å². The van der Waals surface area contributed by atoms with Gasteiger partial charge in [0.05, 0.1) is 5.69 Å². The van der Waals surface area contributed by atoms with Gasteiger partial charge in [-0.15, -0.1) is 0 Å². The summed E-state index contributed by atoms with van der Waals surface area (Å²) in [5, 5.41) is 21.2. The Hall–Kier alpha value is -3.99. The summed E-state index contributed by atoms with van der Waals surface area (Å²) in [5.41, 5.74) is 3.82. The molecule has 10 heteroatoms. The summed E-state index contributed by atoms with van der Waals surface area (Å²) >= 11 is 0. The first kappa shape index (κ1) is 25.7. The van der Waals surface area contributed by atoms with Gasteiger partial charge >= 0.3 is 6.09 Å². The number of para-hydroxylation sites is 1. The zero-order valence-electron chi connectivity index (χ0n) is 21.2. The number of hydrogen-bond donors (Lipinski definition) is 2. The number of amides is 2. The first-order valence-corrected chi connectivity index (χ1v) is 12.8. The average molecular weight is 518 g/mol. The molecule has 0 aliphatic carbocycles. The number of piperidine rings is 1. The lowest BCUT2D eigenvalue weighted by atomic mass is 9.99. The van der Waals surface area contributed by atoms with Crippen molar-refractivity contribution in [3.8, 4) is 0 Å². The standard InChI is InChI=1S/C28H31N5O5/c1-2-30(18-20-9-13-29-14-10-20)27(34)21-7-8-25(26(17-21)33(36)37)31-15-11-23(12-16-31)32-24-6-4-3-5-22(24)19-38-28(32)35/h3-10,13-14,17,23,33,36H,2,11-12,15-16,18-19H2,1H3. The fourth-order valence-electron chi connectivity index (χ4n) is 5.22. The maximum atomic E-state index is 13.2. The number of carbonyl (C=O) groups excluding carboxylic acids is 2. The quantitative estimate of drug-likeness (QED) is 0.463. The number of carbonyl (C=O) groups is 2. The zero-order valence-corrected chi connectivity index (χ0v) is 21.2. The van der Waals surface area contributed by atoms with Crippen molar-refractivity contribution in [3.63, 3.8) is 0 Å². The van der Waals surface area contributed by atoms with Gasteiger partial charge in [-0.2, -0.15) is 5.23 Å². The molecule has 38 heavy (non-hydrogen) atoms. The van der Waals surface area contributed by atoms with Crippen molar-refractivity contribution in [1.82, 2.24) is 9.88 Å². The van der Waals surface area contributed by atoms with E-state index < -0.39 is 5.23 Å². The van der Waals surface area contributed by atoms with Crippen LogP contribution in [0.1, 0.15) is 41.3 Å². The Bertz CT molecular complexity index is 1290. The van der Waals surface area contributed by atoms with Gasteiger partial charge in [0, 0.05) is 61.8 Å². The zero-order chi connectivity index (χ0) is 26.6. The van der Waals surface area contributed by atoms with Crippen LogP contribution in [-0.4, -0.2) is 52.8 Å². The van der Waals surface area contributed by atoms with E-state index in [1.54, 1.807) is 34.3 Å². The van der Waals surface area contributed by atoms with E-state index in [2.05, 4.69) is 4.98 Å². The summed E-state index contributed by atoms with van der Waals surface area (Å²) in [6.45, 7) is 4.22. The third kappa shape index (κ3) is 5.19. The lowest BCUT2D eigenvalue weighted by molar-refractivity contribution is -0.990. The number of nitrogens with zero attached hydrogens (tertiary/aromatic N) is 4. The Labute approximate surface area is 221 Å². The second-order valence-corrected chi connectivity index (χ2v) is 9.48. The second kappa shape index (κ2) is 11.2. The SMILES string of the molecule is CCN(Cc1ccncc1)C(=O)c1ccc(N2CCC(N3C(=O)OCc4ccccc43)CC2)c([NH+]([O-])O)c1. The molecule has 2 amide bonds. The van der Waals surface area contributed by atoms with Crippen LogP contribution in [0.2, 0.25) is 0 Å². The fourth-order valence-corrected chi connectivity index (χ4v) is 5.22. The molecule has 1 saturated heterocycles. The predicted octanol–water partition coefficient (Wildman–Crippen LogP) is 3.27. The molecule has 2 aliphatic rings. The molecule has 0 radical (unpaired) electrons. The van der Waals surface area contributed by atoms with Crippen molar-refractivity contribution in [2.24, 2.45) is 0 Å². The maximum absolute atomic E-state index is 13.2. The van der Waals surface area contributed by atoms with E-state index >= 15 is 0 Å². The second-order valence-electron chi connectivity index (χ2n) is 9.48. The summed E-state index contributed by atoms with van der Waals surface area (Å²) < 4.78 is 5.39. The molecule has 2 N–H and O–H groups in total. The van der Waals surface area contributed by atoms with E-state index in [9.17, 15) is 20.0 Å². The van der Waals surface area contributed by atoms with Crippen LogP contribution < -0.4 is 15.0 Å². The molecule has 1 aromatic heterocycles. The first-order valence-electron chi connectivity index (χ1n) is 12.8. The molecule has 0 spiro atoms. The van der Waals surface area contributed by atoms with Crippen LogP contribution in [0.25, 0.3) is 0 Å². The minimum atomic E-state index is -1.08. The Kier molecular flexibility index (Phi) is 7.54. The first-order chi connectivity index (χ1) is 18.5. The largest absolute Gasteiger partial charge is 0.595 e. The number of anilines is 2.